The third-order valence-corrected chi connectivity index (χ3v) is 1.88. The van der Waals surface area contributed by atoms with Gasteiger partial charge in [-0.15, -0.1) is 0 Å². The second kappa shape index (κ2) is 4.01. The van der Waals surface area contributed by atoms with Gasteiger partial charge in [-0.25, -0.2) is 0 Å². The van der Waals surface area contributed by atoms with E-state index in [1.807, 2.05) is 0 Å². The Morgan fingerprint density at radius 3 is 2.82 bits per heavy atom. The fourth-order valence-corrected chi connectivity index (χ4v) is 1.25. The molecule has 0 aromatic carbocycles. The zero-order chi connectivity index (χ0) is 8.27. The summed E-state index contributed by atoms with van der Waals surface area (Å²) in [6.45, 7) is 0.582. The molecule has 1 heterocycles. The Balaban J connectivity index is 2.34. The maximum atomic E-state index is 9.34. The molecule has 0 spiro atoms. The van der Waals surface area contributed by atoms with Crippen molar-refractivity contribution in [2.45, 2.75) is 31.3 Å². The standard InChI is InChI=1S/C7H15NO3/c1-8-4-6-5(9)2-3-7(10)11-6/h5-10H,2-4H2,1H3/t5-,6?,7-/m0/s1. The van der Waals surface area contributed by atoms with Crippen molar-refractivity contribution in [3.63, 3.8) is 0 Å². The van der Waals surface area contributed by atoms with Crippen LogP contribution in [0.4, 0.5) is 0 Å². The highest BCUT2D eigenvalue weighted by Crippen LogP contribution is 2.17. The van der Waals surface area contributed by atoms with Crippen LogP contribution in [0.15, 0.2) is 0 Å². The minimum absolute atomic E-state index is 0.260. The van der Waals surface area contributed by atoms with Crippen LogP contribution in [0.2, 0.25) is 0 Å². The van der Waals surface area contributed by atoms with Crippen molar-refractivity contribution >= 4 is 0 Å². The molecule has 3 N–H and O–H groups in total. The van der Waals surface area contributed by atoms with E-state index in [1.165, 1.54) is 0 Å². The van der Waals surface area contributed by atoms with E-state index in [9.17, 15) is 5.11 Å². The Morgan fingerprint density at radius 1 is 1.45 bits per heavy atom. The van der Waals surface area contributed by atoms with Gasteiger partial charge in [-0.3, -0.25) is 0 Å². The van der Waals surface area contributed by atoms with Gasteiger partial charge in [0.25, 0.3) is 0 Å². The first-order valence-corrected chi connectivity index (χ1v) is 3.90. The number of hydrogen-bond acceptors (Lipinski definition) is 4. The average Bonchev–Trinajstić information content (AvgIpc) is 1.98. The van der Waals surface area contributed by atoms with Crippen molar-refractivity contribution in [1.82, 2.24) is 5.32 Å². The van der Waals surface area contributed by atoms with Crippen molar-refractivity contribution in [2.75, 3.05) is 13.6 Å². The highest BCUT2D eigenvalue weighted by Gasteiger charge is 2.27. The molecule has 4 heteroatoms. The smallest absolute Gasteiger partial charge is 0.155 e. The first-order chi connectivity index (χ1) is 5.24. The van der Waals surface area contributed by atoms with Crippen LogP contribution in [0.5, 0.6) is 0 Å². The molecule has 3 atom stereocenters. The van der Waals surface area contributed by atoms with Crippen LogP contribution >= 0.6 is 0 Å². The van der Waals surface area contributed by atoms with E-state index in [2.05, 4.69) is 5.32 Å². The highest BCUT2D eigenvalue weighted by molar-refractivity contribution is 4.75. The van der Waals surface area contributed by atoms with Crippen LogP contribution in [0.25, 0.3) is 0 Å². The molecular formula is C7H15NO3. The van der Waals surface area contributed by atoms with Crippen LogP contribution in [-0.4, -0.2) is 42.3 Å². The largest absolute Gasteiger partial charge is 0.390 e. The molecule has 1 unspecified atom stereocenters. The summed E-state index contributed by atoms with van der Waals surface area (Å²) in [7, 11) is 1.79. The lowest BCUT2D eigenvalue weighted by Crippen LogP contribution is -2.44. The molecule has 1 rings (SSSR count). The summed E-state index contributed by atoms with van der Waals surface area (Å²) in [4.78, 5) is 0. The summed E-state index contributed by atoms with van der Waals surface area (Å²) < 4.78 is 5.08. The number of nitrogens with one attached hydrogen (secondary N) is 1. The van der Waals surface area contributed by atoms with Gasteiger partial charge in [0.2, 0.25) is 0 Å². The number of aliphatic hydroxyl groups is 2. The molecule has 4 nitrogen and oxygen atoms in total. The molecule has 1 aliphatic heterocycles. The molecule has 1 saturated heterocycles. The topological polar surface area (TPSA) is 61.7 Å². The quantitative estimate of drug-likeness (QED) is 0.489. The molecule has 0 radical (unpaired) electrons. The molecular weight excluding hydrogens is 146 g/mol. The van der Waals surface area contributed by atoms with Crippen LogP contribution in [0.3, 0.4) is 0 Å². The third kappa shape index (κ3) is 2.41. The Bertz CT molecular complexity index is 120. The Labute approximate surface area is 66.2 Å². The van der Waals surface area contributed by atoms with Crippen LogP contribution in [-0.2, 0) is 4.74 Å². The van der Waals surface area contributed by atoms with Gasteiger partial charge in [-0.1, -0.05) is 0 Å². The van der Waals surface area contributed by atoms with Crippen molar-refractivity contribution in [2.24, 2.45) is 0 Å². The van der Waals surface area contributed by atoms with Gasteiger partial charge in [0.15, 0.2) is 6.29 Å². The summed E-state index contributed by atoms with van der Waals surface area (Å²) in [5.74, 6) is 0. The van der Waals surface area contributed by atoms with E-state index in [-0.39, 0.29) is 6.10 Å². The number of ether oxygens (including phenoxy) is 1. The number of rotatable bonds is 2. The highest BCUT2D eigenvalue weighted by atomic mass is 16.6. The lowest BCUT2D eigenvalue weighted by atomic mass is 10.1. The molecule has 1 aliphatic rings. The van der Waals surface area contributed by atoms with Crippen molar-refractivity contribution < 1.29 is 14.9 Å². The van der Waals surface area contributed by atoms with Gasteiger partial charge in [-0.05, 0) is 13.5 Å². The van der Waals surface area contributed by atoms with E-state index in [0.29, 0.717) is 19.4 Å². The molecule has 0 amide bonds. The van der Waals surface area contributed by atoms with E-state index < -0.39 is 12.4 Å². The Kier molecular flexibility index (Phi) is 3.26. The van der Waals surface area contributed by atoms with Crippen molar-refractivity contribution in [3.05, 3.63) is 0 Å². The fourth-order valence-electron chi connectivity index (χ4n) is 1.25. The lowest BCUT2D eigenvalue weighted by Gasteiger charge is -2.31. The number of hydrogen-bond donors (Lipinski definition) is 3. The average molecular weight is 161 g/mol. The van der Waals surface area contributed by atoms with Crippen molar-refractivity contribution in [1.29, 1.82) is 0 Å². The second-order valence-corrected chi connectivity index (χ2v) is 2.83. The monoisotopic (exact) mass is 161 g/mol. The Hall–Kier alpha value is -0.160. The SMILES string of the molecule is CNCC1O[C@H](O)CC[C@@H]1O. The Morgan fingerprint density at radius 2 is 2.18 bits per heavy atom. The van der Waals surface area contributed by atoms with Crippen LogP contribution in [0.1, 0.15) is 12.8 Å². The fraction of sp³-hybridized carbons (Fsp3) is 1.00. The van der Waals surface area contributed by atoms with E-state index >= 15 is 0 Å². The van der Waals surface area contributed by atoms with Crippen LogP contribution < -0.4 is 5.32 Å². The van der Waals surface area contributed by atoms with E-state index in [1.54, 1.807) is 7.05 Å². The number of likely N-dealkylation sites (N-methyl/N-ethyl adjacent to an activating group) is 1. The maximum Gasteiger partial charge on any atom is 0.155 e. The predicted molar refractivity (Wildman–Crippen MR) is 40.0 cm³/mol. The van der Waals surface area contributed by atoms with Gasteiger partial charge in [-0.2, -0.15) is 0 Å². The normalized spacial score (nSPS) is 39.0. The van der Waals surface area contributed by atoms with Gasteiger partial charge < -0.3 is 20.3 Å². The first-order valence-electron chi connectivity index (χ1n) is 3.90. The summed E-state index contributed by atoms with van der Waals surface area (Å²) in [6.07, 6.45) is -0.249. The molecule has 11 heavy (non-hydrogen) atoms. The van der Waals surface area contributed by atoms with Crippen LogP contribution in [0, 0.1) is 0 Å². The summed E-state index contributed by atoms with van der Waals surface area (Å²) in [6, 6.07) is 0. The summed E-state index contributed by atoms with van der Waals surface area (Å²) in [5, 5.41) is 21.3. The molecule has 0 bridgehead atoms. The minimum atomic E-state index is -0.697. The van der Waals surface area contributed by atoms with Gasteiger partial charge in [0.05, 0.1) is 12.2 Å². The lowest BCUT2D eigenvalue weighted by molar-refractivity contribution is -0.196. The molecule has 66 valence electrons. The maximum absolute atomic E-state index is 9.34. The molecule has 0 aliphatic carbocycles. The zero-order valence-electron chi connectivity index (χ0n) is 6.66. The first kappa shape index (κ1) is 8.93. The van der Waals surface area contributed by atoms with Gasteiger partial charge in [0, 0.05) is 13.0 Å². The predicted octanol–water partition coefficient (Wildman–Crippen LogP) is -0.936. The van der Waals surface area contributed by atoms with E-state index in [4.69, 9.17) is 9.84 Å². The van der Waals surface area contributed by atoms with Gasteiger partial charge >= 0.3 is 0 Å². The van der Waals surface area contributed by atoms with Gasteiger partial charge in [0.1, 0.15) is 0 Å². The summed E-state index contributed by atoms with van der Waals surface area (Å²) >= 11 is 0. The van der Waals surface area contributed by atoms with Crippen molar-refractivity contribution in [3.8, 4) is 0 Å². The van der Waals surface area contributed by atoms with E-state index in [0.717, 1.165) is 0 Å². The summed E-state index contributed by atoms with van der Waals surface area (Å²) in [5.41, 5.74) is 0. The molecule has 0 aromatic rings. The molecule has 0 saturated carbocycles. The zero-order valence-corrected chi connectivity index (χ0v) is 6.66. The third-order valence-electron chi connectivity index (χ3n) is 1.88. The molecule has 0 aromatic heterocycles. The number of aliphatic hydroxyl groups excluding tert-OH is 2. The molecule has 1 fully saturated rings. The second-order valence-electron chi connectivity index (χ2n) is 2.83. The minimum Gasteiger partial charge on any atom is -0.390 e.